The molecule has 0 saturated heterocycles. The van der Waals surface area contributed by atoms with Gasteiger partial charge in [0.1, 0.15) is 0 Å². The topological polar surface area (TPSA) is 58.2 Å². The first-order valence-electron chi connectivity index (χ1n) is 16.3. The maximum atomic E-state index is 13.3. The molecule has 2 aromatic carbocycles. The van der Waals surface area contributed by atoms with Crippen LogP contribution in [-0.2, 0) is 9.59 Å². The van der Waals surface area contributed by atoms with E-state index in [1.807, 2.05) is 36.4 Å². The van der Waals surface area contributed by atoms with Crippen molar-refractivity contribution in [3.63, 3.8) is 0 Å². The van der Waals surface area contributed by atoms with Crippen molar-refractivity contribution in [1.82, 2.24) is 0 Å². The zero-order valence-electron chi connectivity index (χ0n) is 26.3. The highest BCUT2D eigenvalue weighted by Gasteiger charge is 2.37. The highest BCUT2D eigenvalue weighted by Crippen LogP contribution is 2.48. The van der Waals surface area contributed by atoms with E-state index in [1.54, 1.807) is 21.6 Å². The third-order valence-corrected chi connectivity index (χ3v) is 11.9. The molecule has 2 saturated carbocycles. The molecule has 6 heteroatoms. The van der Waals surface area contributed by atoms with Crippen LogP contribution in [0.2, 0.25) is 0 Å². The number of para-hydroxylation sites is 2. The summed E-state index contributed by atoms with van der Waals surface area (Å²) in [6, 6.07) is 16.1. The number of carbonyl (C=O) groups excluding carboxylic acids is 2. The molecule has 0 unspecified atom stereocenters. The Morgan fingerprint density at radius 3 is 1.36 bits per heavy atom. The summed E-state index contributed by atoms with van der Waals surface area (Å²) in [4.78, 5) is 28.6. The Hall–Kier alpha value is -1.92. The van der Waals surface area contributed by atoms with Crippen LogP contribution in [0.25, 0.3) is 0 Å². The molecule has 2 fully saturated rings. The second kappa shape index (κ2) is 15.7. The SMILES string of the molecule is CC(C)CCC1(CC(=O)Nc2ccccc2SSc2ccccc2NC(=O)CC2(CCC(C)C)CCCC2)CCCC1. The molecule has 2 aromatic rings. The van der Waals surface area contributed by atoms with E-state index in [-0.39, 0.29) is 22.6 Å². The van der Waals surface area contributed by atoms with Gasteiger partial charge in [-0.15, -0.1) is 0 Å². The van der Waals surface area contributed by atoms with E-state index in [9.17, 15) is 9.59 Å². The van der Waals surface area contributed by atoms with E-state index in [0.717, 1.165) is 34.0 Å². The molecular weight excluding hydrogens is 557 g/mol. The molecule has 0 atom stereocenters. The molecular formula is C36H52N2O2S2. The molecule has 0 aliphatic heterocycles. The summed E-state index contributed by atoms with van der Waals surface area (Å²) in [6.45, 7) is 9.10. The molecule has 0 bridgehead atoms. The minimum atomic E-state index is 0.129. The van der Waals surface area contributed by atoms with Gasteiger partial charge in [-0.05, 0) is 85.5 Å². The van der Waals surface area contributed by atoms with E-state index >= 15 is 0 Å². The van der Waals surface area contributed by atoms with Gasteiger partial charge in [0, 0.05) is 22.6 Å². The van der Waals surface area contributed by atoms with Crippen LogP contribution in [0.15, 0.2) is 58.3 Å². The lowest BCUT2D eigenvalue weighted by atomic mass is 9.77. The highest BCUT2D eigenvalue weighted by atomic mass is 33.1. The summed E-state index contributed by atoms with van der Waals surface area (Å²) in [5.74, 6) is 1.59. The Morgan fingerprint density at radius 1 is 0.643 bits per heavy atom. The van der Waals surface area contributed by atoms with Crippen LogP contribution in [0, 0.1) is 22.7 Å². The van der Waals surface area contributed by atoms with Crippen LogP contribution in [-0.4, -0.2) is 11.8 Å². The predicted octanol–water partition coefficient (Wildman–Crippen LogP) is 11.1. The van der Waals surface area contributed by atoms with Crippen LogP contribution in [0.5, 0.6) is 0 Å². The quantitative estimate of drug-likeness (QED) is 0.197. The van der Waals surface area contributed by atoms with Crippen LogP contribution >= 0.6 is 21.6 Å². The highest BCUT2D eigenvalue weighted by molar-refractivity contribution is 8.76. The van der Waals surface area contributed by atoms with Crippen molar-refractivity contribution < 1.29 is 9.59 Å². The maximum Gasteiger partial charge on any atom is 0.224 e. The number of nitrogens with one attached hydrogen (secondary N) is 2. The summed E-state index contributed by atoms with van der Waals surface area (Å²) in [7, 11) is 3.27. The Balaban J connectivity index is 1.37. The van der Waals surface area contributed by atoms with E-state index in [2.05, 4.69) is 50.5 Å². The van der Waals surface area contributed by atoms with Crippen molar-refractivity contribution >= 4 is 44.8 Å². The predicted molar refractivity (Wildman–Crippen MR) is 181 cm³/mol. The fourth-order valence-electron chi connectivity index (χ4n) is 6.91. The van der Waals surface area contributed by atoms with Crippen molar-refractivity contribution in [3.8, 4) is 0 Å². The lowest BCUT2D eigenvalue weighted by Crippen LogP contribution is -2.26. The Morgan fingerprint density at radius 2 is 1.00 bits per heavy atom. The van der Waals surface area contributed by atoms with E-state index in [4.69, 9.17) is 0 Å². The molecule has 2 aliphatic rings. The fraction of sp³-hybridized carbons (Fsp3) is 0.611. The standard InChI is InChI=1S/C36H52N2O2S2/c1-27(2)17-23-35(19-9-10-20-35)25-33(39)37-29-13-5-7-15-31(29)41-42-32-16-8-6-14-30(32)38-34(40)26-36(21-11-12-22-36)24-18-28(3)4/h5-8,13-16,27-28H,9-12,17-26H2,1-4H3,(H,37,39)(H,38,40). The number of carbonyl (C=O) groups is 2. The second-order valence-corrected chi connectivity index (χ2v) is 16.1. The summed E-state index contributed by atoms with van der Waals surface area (Å²) in [5.41, 5.74) is 2.06. The van der Waals surface area contributed by atoms with E-state index in [0.29, 0.717) is 24.7 Å². The minimum absolute atomic E-state index is 0.129. The summed E-state index contributed by atoms with van der Waals surface area (Å²) < 4.78 is 0. The van der Waals surface area contributed by atoms with E-state index < -0.39 is 0 Å². The third kappa shape index (κ3) is 9.80. The first-order valence-corrected chi connectivity index (χ1v) is 18.4. The maximum absolute atomic E-state index is 13.3. The summed E-state index contributed by atoms with van der Waals surface area (Å²) >= 11 is 0. The normalized spacial score (nSPS) is 17.6. The zero-order valence-corrected chi connectivity index (χ0v) is 27.9. The van der Waals surface area contributed by atoms with Gasteiger partial charge in [-0.25, -0.2) is 0 Å². The lowest BCUT2D eigenvalue weighted by molar-refractivity contribution is -0.119. The van der Waals surface area contributed by atoms with E-state index in [1.165, 1.54) is 64.2 Å². The molecule has 0 heterocycles. The van der Waals surface area contributed by atoms with Crippen molar-refractivity contribution in [2.24, 2.45) is 22.7 Å². The van der Waals surface area contributed by atoms with Crippen LogP contribution < -0.4 is 10.6 Å². The fourth-order valence-corrected chi connectivity index (χ4v) is 9.19. The number of hydrogen-bond donors (Lipinski definition) is 2. The number of anilines is 2. The van der Waals surface area contributed by atoms with Crippen molar-refractivity contribution in [2.75, 3.05) is 10.6 Å². The van der Waals surface area contributed by atoms with Gasteiger partial charge >= 0.3 is 0 Å². The average Bonchev–Trinajstić information content (AvgIpc) is 3.61. The van der Waals surface area contributed by atoms with Gasteiger partial charge in [0.05, 0.1) is 11.4 Å². The first-order chi connectivity index (χ1) is 20.2. The van der Waals surface area contributed by atoms with Crippen molar-refractivity contribution in [2.45, 2.75) is 127 Å². The van der Waals surface area contributed by atoms with Crippen LogP contribution in [0.1, 0.15) is 118 Å². The van der Waals surface area contributed by atoms with Gasteiger partial charge < -0.3 is 10.6 Å². The van der Waals surface area contributed by atoms with Crippen LogP contribution in [0.4, 0.5) is 11.4 Å². The van der Waals surface area contributed by atoms with Gasteiger partial charge in [0.2, 0.25) is 11.8 Å². The van der Waals surface area contributed by atoms with Crippen molar-refractivity contribution in [1.29, 1.82) is 0 Å². The van der Waals surface area contributed by atoms with Gasteiger partial charge in [-0.3, -0.25) is 9.59 Å². The molecule has 2 amide bonds. The molecule has 0 radical (unpaired) electrons. The Bertz CT molecular complexity index is 1070. The Kier molecular flexibility index (Phi) is 12.3. The largest absolute Gasteiger partial charge is 0.325 e. The van der Waals surface area contributed by atoms with Gasteiger partial charge in [-0.1, -0.05) is 112 Å². The van der Waals surface area contributed by atoms with Gasteiger partial charge in [0.15, 0.2) is 0 Å². The average molecular weight is 609 g/mol. The number of benzene rings is 2. The molecule has 2 N–H and O–H groups in total. The minimum Gasteiger partial charge on any atom is -0.325 e. The van der Waals surface area contributed by atoms with Gasteiger partial charge in [0.25, 0.3) is 0 Å². The molecule has 4 nitrogen and oxygen atoms in total. The molecule has 230 valence electrons. The monoisotopic (exact) mass is 608 g/mol. The summed E-state index contributed by atoms with van der Waals surface area (Å²) in [5, 5.41) is 6.51. The number of amides is 2. The second-order valence-electron chi connectivity index (χ2n) is 13.9. The molecule has 2 aliphatic carbocycles. The molecule has 0 aromatic heterocycles. The number of rotatable bonds is 15. The van der Waals surface area contributed by atoms with Crippen molar-refractivity contribution in [3.05, 3.63) is 48.5 Å². The Labute approximate surface area is 262 Å². The number of hydrogen-bond acceptors (Lipinski definition) is 4. The third-order valence-electron chi connectivity index (χ3n) is 9.45. The molecule has 42 heavy (non-hydrogen) atoms. The first kappa shape index (κ1) is 33.0. The van der Waals surface area contributed by atoms with Crippen LogP contribution in [0.3, 0.4) is 0 Å². The molecule has 4 rings (SSSR count). The summed E-state index contributed by atoms with van der Waals surface area (Å²) in [6.07, 6.45) is 15.5. The smallest absolute Gasteiger partial charge is 0.224 e. The molecule has 0 spiro atoms. The zero-order chi connectivity index (χ0) is 30.0. The lowest BCUT2D eigenvalue weighted by Gasteiger charge is -2.29. The van der Waals surface area contributed by atoms with Gasteiger partial charge in [-0.2, -0.15) is 0 Å².